The van der Waals surface area contributed by atoms with Gasteiger partial charge in [0.2, 0.25) is 0 Å². The third kappa shape index (κ3) is 10.7. The van der Waals surface area contributed by atoms with Crippen molar-refractivity contribution in [3.05, 3.63) is 59.7 Å². The number of anilines is 2. The van der Waals surface area contributed by atoms with Gasteiger partial charge in [0.25, 0.3) is 0 Å². The van der Waals surface area contributed by atoms with Gasteiger partial charge in [-0.3, -0.25) is 0 Å². The number of hydrogen-bond acceptors (Lipinski definition) is 4. The van der Waals surface area contributed by atoms with Crippen molar-refractivity contribution in [2.24, 2.45) is 0 Å². The van der Waals surface area contributed by atoms with Crippen LogP contribution in [0.5, 0.6) is 0 Å². The molecular weight excluding hydrogens is 512 g/mol. The number of amides is 4. The van der Waals surface area contributed by atoms with Crippen LogP contribution in [0.25, 0.3) is 0 Å². The highest BCUT2D eigenvalue weighted by Gasteiger charge is 2.18. The van der Waals surface area contributed by atoms with Gasteiger partial charge in [0.1, 0.15) is 0 Å². The first-order valence-electron chi connectivity index (χ1n) is 15.7. The average Bonchev–Trinajstić information content (AvgIpc) is 2.97. The third-order valence-corrected chi connectivity index (χ3v) is 8.53. The molecule has 0 unspecified atom stereocenters. The van der Waals surface area contributed by atoms with Gasteiger partial charge in [-0.15, -0.1) is 0 Å². The Labute approximate surface area is 246 Å². The largest absolute Gasteiger partial charge is 0.338 e. The lowest BCUT2D eigenvalue weighted by molar-refractivity contribution is 0.159. The van der Waals surface area contributed by atoms with Gasteiger partial charge >= 0.3 is 12.1 Å². The number of likely N-dealkylation sites (tertiary alicyclic amines) is 2. The van der Waals surface area contributed by atoms with Crippen molar-refractivity contribution in [3.8, 4) is 0 Å². The lowest BCUT2D eigenvalue weighted by Crippen LogP contribution is -2.39. The molecule has 41 heavy (non-hydrogen) atoms. The van der Waals surface area contributed by atoms with E-state index in [-0.39, 0.29) is 12.1 Å². The van der Waals surface area contributed by atoms with Gasteiger partial charge in [-0.05, 0) is 107 Å². The van der Waals surface area contributed by atoms with E-state index in [0.717, 1.165) is 54.9 Å². The smallest absolute Gasteiger partial charge is 0.319 e. The summed E-state index contributed by atoms with van der Waals surface area (Å²) in [6.45, 7) is 10.4. The molecule has 4 rings (SSSR count). The van der Waals surface area contributed by atoms with Gasteiger partial charge in [0, 0.05) is 49.6 Å². The number of piperidine rings is 2. The number of carbonyl (C=O) groups excluding carboxylic acids is 2. The van der Waals surface area contributed by atoms with Crippen LogP contribution in [0.2, 0.25) is 0 Å². The fraction of sp³-hybridized carbons (Fsp3) is 0.576. The maximum absolute atomic E-state index is 12.3. The summed E-state index contributed by atoms with van der Waals surface area (Å²) in [5.41, 5.74) is 3.89. The molecule has 2 heterocycles. The van der Waals surface area contributed by atoms with E-state index < -0.39 is 0 Å². The minimum atomic E-state index is -0.159. The van der Waals surface area contributed by atoms with Gasteiger partial charge in [0.15, 0.2) is 0 Å². The molecule has 4 amide bonds. The Bertz CT molecular complexity index is 989. The van der Waals surface area contributed by atoms with E-state index in [1.54, 1.807) is 0 Å². The SMILES string of the molecule is C[C@H]1CCCCN1CCCNC(=O)Nc1ccc(Cc2ccc(NC(=O)NCCCN3CCCC[C@@H]3C)cc2)cc1. The van der Waals surface area contributed by atoms with Gasteiger partial charge in [-0.25, -0.2) is 9.59 Å². The Balaban J connectivity index is 1.10. The van der Waals surface area contributed by atoms with Crippen LogP contribution in [0.15, 0.2) is 48.5 Å². The van der Waals surface area contributed by atoms with Crippen LogP contribution >= 0.6 is 0 Å². The Kier molecular flexibility index (Phi) is 12.3. The molecule has 0 bridgehead atoms. The summed E-state index contributed by atoms with van der Waals surface area (Å²) < 4.78 is 0. The van der Waals surface area contributed by atoms with Crippen LogP contribution in [0.3, 0.4) is 0 Å². The summed E-state index contributed by atoms with van der Waals surface area (Å²) in [5.74, 6) is 0. The molecule has 2 aromatic rings. The molecule has 0 aromatic heterocycles. The van der Waals surface area contributed by atoms with Crippen LogP contribution in [0.1, 0.15) is 76.3 Å². The number of rotatable bonds is 12. The quantitative estimate of drug-likeness (QED) is 0.237. The second-order valence-corrected chi connectivity index (χ2v) is 11.8. The van der Waals surface area contributed by atoms with Gasteiger partial charge < -0.3 is 31.1 Å². The lowest BCUT2D eigenvalue weighted by Gasteiger charge is -2.33. The molecule has 224 valence electrons. The van der Waals surface area contributed by atoms with Crippen LogP contribution in [-0.4, -0.2) is 73.2 Å². The van der Waals surface area contributed by atoms with Crippen molar-refractivity contribution in [1.29, 1.82) is 0 Å². The minimum absolute atomic E-state index is 0.159. The number of benzene rings is 2. The van der Waals surface area contributed by atoms with Crippen LogP contribution < -0.4 is 21.3 Å². The van der Waals surface area contributed by atoms with E-state index in [1.807, 2.05) is 48.5 Å². The van der Waals surface area contributed by atoms with Gasteiger partial charge in [0.05, 0.1) is 0 Å². The van der Waals surface area contributed by atoms with Crippen molar-refractivity contribution >= 4 is 23.4 Å². The summed E-state index contributed by atoms with van der Waals surface area (Å²) in [6.07, 6.45) is 10.5. The van der Waals surface area contributed by atoms with E-state index in [1.165, 1.54) is 51.6 Å². The van der Waals surface area contributed by atoms with Crippen molar-refractivity contribution in [3.63, 3.8) is 0 Å². The topological polar surface area (TPSA) is 88.7 Å². The Morgan fingerprint density at radius 3 is 1.46 bits per heavy atom. The second-order valence-electron chi connectivity index (χ2n) is 11.8. The maximum Gasteiger partial charge on any atom is 0.319 e. The fourth-order valence-corrected chi connectivity index (χ4v) is 5.95. The highest BCUT2D eigenvalue weighted by molar-refractivity contribution is 5.89. The lowest BCUT2D eigenvalue weighted by atomic mass is 10.0. The standard InChI is InChI=1S/C33H50N6O2/c1-26-9-3-5-21-38(26)23-7-19-34-32(40)36-30-15-11-28(12-16-30)25-29-13-17-31(18-14-29)37-33(41)35-20-8-24-39-22-6-4-10-27(39)2/h11-18,26-27H,3-10,19-25H2,1-2H3,(H2,34,36,40)(H2,35,37,41)/t26-,27-/m0/s1. The van der Waals surface area contributed by atoms with E-state index in [0.29, 0.717) is 25.2 Å². The maximum atomic E-state index is 12.3. The zero-order valence-corrected chi connectivity index (χ0v) is 25.1. The highest BCUT2D eigenvalue weighted by atomic mass is 16.2. The molecule has 0 radical (unpaired) electrons. The molecule has 0 saturated carbocycles. The molecule has 2 fully saturated rings. The summed E-state index contributed by atoms with van der Waals surface area (Å²) in [7, 11) is 0. The van der Waals surface area contributed by atoms with Gasteiger partial charge in [-0.1, -0.05) is 37.1 Å². The zero-order chi connectivity index (χ0) is 28.9. The molecule has 0 aliphatic carbocycles. The minimum Gasteiger partial charge on any atom is -0.338 e. The summed E-state index contributed by atoms with van der Waals surface area (Å²) in [4.78, 5) is 29.6. The predicted molar refractivity (Wildman–Crippen MR) is 169 cm³/mol. The van der Waals surface area contributed by atoms with E-state index in [9.17, 15) is 9.59 Å². The molecule has 2 aliphatic heterocycles. The first-order valence-corrected chi connectivity index (χ1v) is 15.7. The average molecular weight is 563 g/mol. The fourth-order valence-electron chi connectivity index (χ4n) is 5.95. The van der Waals surface area contributed by atoms with Crippen molar-refractivity contribution in [1.82, 2.24) is 20.4 Å². The summed E-state index contributed by atoms with van der Waals surface area (Å²) >= 11 is 0. The van der Waals surface area contributed by atoms with Crippen molar-refractivity contribution in [2.75, 3.05) is 49.9 Å². The van der Waals surface area contributed by atoms with E-state index >= 15 is 0 Å². The molecule has 2 aromatic carbocycles. The van der Waals surface area contributed by atoms with Crippen LogP contribution in [0.4, 0.5) is 21.0 Å². The molecule has 2 atom stereocenters. The number of nitrogens with zero attached hydrogens (tertiary/aromatic N) is 2. The monoisotopic (exact) mass is 562 g/mol. The normalized spacial score (nSPS) is 19.9. The molecule has 0 spiro atoms. The Morgan fingerprint density at radius 2 is 1.07 bits per heavy atom. The van der Waals surface area contributed by atoms with Crippen molar-refractivity contribution < 1.29 is 9.59 Å². The van der Waals surface area contributed by atoms with Crippen molar-refractivity contribution in [2.45, 2.75) is 83.7 Å². The molecule has 2 saturated heterocycles. The highest BCUT2D eigenvalue weighted by Crippen LogP contribution is 2.18. The molecule has 8 heteroatoms. The van der Waals surface area contributed by atoms with Crippen LogP contribution in [-0.2, 0) is 6.42 Å². The van der Waals surface area contributed by atoms with Gasteiger partial charge in [-0.2, -0.15) is 0 Å². The Morgan fingerprint density at radius 1 is 0.659 bits per heavy atom. The molecule has 2 aliphatic rings. The van der Waals surface area contributed by atoms with Crippen LogP contribution in [0, 0.1) is 0 Å². The second kappa shape index (κ2) is 16.4. The number of hydrogen-bond donors (Lipinski definition) is 4. The van der Waals surface area contributed by atoms with E-state index in [2.05, 4.69) is 44.9 Å². The zero-order valence-electron chi connectivity index (χ0n) is 25.1. The predicted octanol–water partition coefficient (Wildman–Crippen LogP) is 6.05. The number of nitrogens with one attached hydrogen (secondary N) is 4. The molecular formula is C33H50N6O2. The number of carbonyl (C=O) groups is 2. The third-order valence-electron chi connectivity index (χ3n) is 8.53. The van der Waals surface area contributed by atoms with E-state index in [4.69, 9.17) is 0 Å². The first-order chi connectivity index (χ1) is 20.0. The first kappa shape index (κ1) is 30.8. The summed E-state index contributed by atoms with van der Waals surface area (Å²) in [6, 6.07) is 16.9. The Hall–Kier alpha value is -3.10. The molecule has 8 nitrogen and oxygen atoms in total. The number of urea groups is 2. The molecule has 4 N–H and O–H groups in total. The summed E-state index contributed by atoms with van der Waals surface area (Å²) in [5, 5.41) is 11.8.